The van der Waals surface area contributed by atoms with E-state index in [1.807, 2.05) is 61.2 Å². The molecule has 0 fully saturated rings. The molecule has 4 rings (SSSR count). The second-order valence-electron chi connectivity index (χ2n) is 8.29. The number of aryl methyl sites for hydroxylation is 1. The summed E-state index contributed by atoms with van der Waals surface area (Å²) in [7, 11) is 7.60. The summed E-state index contributed by atoms with van der Waals surface area (Å²) in [5.74, 6) is -0.257. The monoisotopic (exact) mass is 483 g/mol. The summed E-state index contributed by atoms with van der Waals surface area (Å²) in [6, 6.07) is 9.14. The van der Waals surface area contributed by atoms with Crippen molar-refractivity contribution in [2.75, 3.05) is 44.9 Å². The zero-order valence-electron chi connectivity index (χ0n) is 19.0. The number of amides is 2. The number of thiophene rings is 1. The number of likely N-dealkylation sites (N-methyl/N-ethyl adjacent to an activating group) is 2. The van der Waals surface area contributed by atoms with Crippen LogP contribution in [0.2, 0.25) is 5.02 Å². The lowest BCUT2D eigenvalue weighted by Gasteiger charge is -2.19. The number of hydrogen-bond acceptors (Lipinski definition) is 5. The van der Waals surface area contributed by atoms with Gasteiger partial charge in [0.25, 0.3) is 11.8 Å². The maximum absolute atomic E-state index is 13.0. The van der Waals surface area contributed by atoms with Crippen LogP contribution in [-0.4, -0.2) is 60.4 Å². The van der Waals surface area contributed by atoms with Gasteiger partial charge in [0.2, 0.25) is 0 Å². The third kappa shape index (κ3) is 4.83. The largest absolute Gasteiger partial charge is 0.353 e. The Hall–Kier alpha value is -3.07. The minimum atomic E-state index is -0.198. The summed E-state index contributed by atoms with van der Waals surface area (Å²) in [6.07, 6.45) is 1.86. The number of fused-ring (bicyclic) bond motifs is 1. The van der Waals surface area contributed by atoms with Crippen LogP contribution in [0.4, 0.5) is 11.4 Å². The molecular weight excluding hydrogens is 458 g/mol. The van der Waals surface area contributed by atoms with E-state index in [9.17, 15) is 9.59 Å². The Balaban J connectivity index is 1.69. The molecule has 1 aromatic carbocycles. The first kappa shape index (κ1) is 23.1. The number of halogens is 1. The van der Waals surface area contributed by atoms with E-state index < -0.39 is 0 Å². The summed E-state index contributed by atoms with van der Waals surface area (Å²) in [5, 5.41) is 10.8. The number of carbonyl (C=O) groups excluding carboxylic acids is 2. The summed E-state index contributed by atoms with van der Waals surface area (Å²) in [4.78, 5) is 29.7. The van der Waals surface area contributed by atoms with Gasteiger partial charge in [-0.05, 0) is 43.7 Å². The van der Waals surface area contributed by atoms with Crippen molar-refractivity contribution in [3.63, 3.8) is 0 Å². The van der Waals surface area contributed by atoms with Crippen LogP contribution in [0.5, 0.6) is 0 Å². The molecule has 0 unspecified atom stereocenters. The normalized spacial score (nSPS) is 14.3. The minimum absolute atomic E-state index is 0.0595. The number of anilines is 2. The van der Waals surface area contributed by atoms with Crippen molar-refractivity contribution in [1.29, 1.82) is 0 Å². The Morgan fingerprint density at radius 3 is 2.67 bits per heavy atom. The number of nitrogens with one attached hydrogen (secondary N) is 2. The first-order chi connectivity index (χ1) is 15.7. The average Bonchev–Trinajstić information content (AvgIpc) is 3.48. The van der Waals surface area contributed by atoms with Crippen LogP contribution in [0, 0.1) is 0 Å². The highest BCUT2D eigenvalue weighted by atomic mass is 35.5. The predicted octanol–water partition coefficient (Wildman–Crippen LogP) is 4.31. The maximum Gasteiger partial charge on any atom is 0.270 e. The van der Waals surface area contributed by atoms with Gasteiger partial charge in [-0.3, -0.25) is 9.59 Å². The lowest BCUT2D eigenvalue weighted by Crippen LogP contribution is -2.34. The molecule has 1 aliphatic rings. The number of nitrogens with zero attached hydrogens (tertiary/aromatic N) is 3. The number of hydrogen-bond donors (Lipinski definition) is 2. The molecule has 0 aliphatic carbocycles. The minimum Gasteiger partial charge on any atom is -0.353 e. The molecule has 0 radical (unpaired) electrons. The second-order valence-corrected chi connectivity index (χ2v) is 9.50. The second kappa shape index (κ2) is 9.43. The van der Waals surface area contributed by atoms with Crippen molar-refractivity contribution in [2.24, 2.45) is 7.05 Å². The molecule has 0 saturated heterocycles. The fourth-order valence-electron chi connectivity index (χ4n) is 3.72. The summed E-state index contributed by atoms with van der Waals surface area (Å²) in [5.41, 5.74) is 4.88. The van der Waals surface area contributed by atoms with E-state index >= 15 is 0 Å². The van der Waals surface area contributed by atoms with E-state index in [2.05, 4.69) is 10.6 Å². The van der Waals surface area contributed by atoms with Crippen molar-refractivity contribution >= 4 is 57.4 Å². The fourth-order valence-corrected chi connectivity index (χ4v) is 4.53. The smallest absolute Gasteiger partial charge is 0.270 e. The summed E-state index contributed by atoms with van der Waals surface area (Å²) < 4.78 is 1.80. The van der Waals surface area contributed by atoms with Crippen LogP contribution in [0.1, 0.15) is 21.6 Å². The van der Waals surface area contributed by atoms with Crippen molar-refractivity contribution in [3.05, 3.63) is 69.1 Å². The van der Waals surface area contributed by atoms with E-state index in [4.69, 9.17) is 11.6 Å². The molecule has 33 heavy (non-hydrogen) atoms. The molecule has 0 saturated carbocycles. The SMILES string of the molecule is CN(C)CCN(C)C(=O)c1cc(N/C(=C2\C(=O)Nc3cc(Cl)ccc32)c2ccsc2)cn1C. The molecule has 2 aromatic heterocycles. The Morgan fingerprint density at radius 1 is 1.18 bits per heavy atom. The third-order valence-electron chi connectivity index (χ3n) is 5.51. The number of benzene rings is 1. The average molecular weight is 484 g/mol. The number of carbonyl (C=O) groups is 2. The molecule has 9 heteroatoms. The van der Waals surface area contributed by atoms with Crippen LogP contribution in [-0.2, 0) is 11.8 Å². The standard InChI is InChI=1S/C24H26ClN5O2S/c1-28(2)8-9-29(3)24(32)20-12-17(13-30(20)4)26-22(15-7-10-33-14-15)21-18-6-5-16(25)11-19(18)27-23(21)31/h5-7,10-14,26H,8-9H2,1-4H3,(H,27,31)/b22-21-. The van der Waals surface area contributed by atoms with Gasteiger partial charge in [0.05, 0.1) is 22.6 Å². The van der Waals surface area contributed by atoms with Gasteiger partial charge in [-0.25, -0.2) is 0 Å². The van der Waals surface area contributed by atoms with Crippen LogP contribution >= 0.6 is 22.9 Å². The highest BCUT2D eigenvalue weighted by Crippen LogP contribution is 2.39. The highest BCUT2D eigenvalue weighted by molar-refractivity contribution is 7.08. The van der Waals surface area contributed by atoms with E-state index in [1.165, 1.54) is 0 Å². The molecule has 1 aliphatic heterocycles. The van der Waals surface area contributed by atoms with E-state index in [0.717, 1.165) is 23.4 Å². The third-order valence-corrected chi connectivity index (χ3v) is 6.43. The first-order valence-electron chi connectivity index (χ1n) is 10.5. The van der Waals surface area contributed by atoms with Crippen LogP contribution in [0.15, 0.2) is 47.3 Å². The Bertz CT molecular complexity index is 1230. The lowest BCUT2D eigenvalue weighted by molar-refractivity contribution is -0.110. The lowest BCUT2D eigenvalue weighted by atomic mass is 10.0. The summed E-state index contributed by atoms with van der Waals surface area (Å²) >= 11 is 7.67. The molecule has 172 valence electrons. The van der Waals surface area contributed by atoms with Gasteiger partial charge in [-0.1, -0.05) is 17.7 Å². The molecule has 7 nitrogen and oxygen atoms in total. The number of aromatic nitrogens is 1. The van der Waals surface area contributed by atoms with Gasteiger partial charge < -0.3 is 25.0 Å². The van der Waals surface area contributed by atoms with Crippen molar-refractivity contribution < 1.29 is 9.59 Å². The van der Waals surface area contributed by atoms with Crippen molar-refractivity contribution in [1.82, 2.24) is 14.4 Å². The molecule has 2 N–H and O–H groups in total. The quantitative estimate of drug-likeness (QED) is 0.491. The van der Waals surface area contributed by atoms with Gasteiger partial charge >= 0.3 is 0 Å². The van der Waals surface area contributed by atoms with Gasteiger partial charge in [-0.2, -0.15) is 11.3 Å². The molecule has 0 bridgehead atoms. The highest BCUT2D eigenvalue weighted by Gasteiger charge is 2.29. The maximum atomic E-state index is 13.0. The zero-order chi connectivity index (χ0) is 23.7. The summed E-state index contributed by atoms with van der Waals surface area (Å²) in [6.45, 7) is 1.41. The van der Waals surface area contributed by atoms with Crippen LogP contribution < -0.4 is 10.6 Å². The van der Waals surface area contributed by atoms with Crippen molar-refractivity contribution in [2.45, 2.75) is 0 Å². The zero-order valence-corrected chi connectivity index (χ0v) is 20.5. The van der Waals surface area contributed by atoms with Crippen LogP contribution in [0.3, 0.4) is 0 Å². The molecule has 3 aromatic rings. The Kier molecular flexibility index (Phi) is 6.60. The van der Waals surface area contributed by atoms with Gasteiger partial charge in [0.15, 0.2) is 0 Å². The molecule has 3 heterocycles. The van der Waals surface area contributed by atoms with Gasteiger partial charge in [-0.15, -0.1) is 0 Å². The predicted molar refractivity (Wildman–Crippen MR) is 136 cm³/mol. The molecular formula is C24H26ClN5O2S. The first-order valence-corrected chi connectivity index (χ1v) is 11.8. The molecule has 0 spiro atoms. The Morgan fingerprint density at radius 2 is 1.97 bits per heavy atom. The van der Waals surface area contributed by atoms with E-state index in [-0.39, 0.29) is 11.8 Å². The topological polar surface area (TPSA) is 69.6 Å². The van der Waals surface area contributed by atoms with Crippen molar-refractivity contribution in [3.8, 4) is 0 Å². The van der Waals surface area contributed by atoms with Gasteiger partial charge in [0, 0.05) is 54.9 Å². The molecule has 2 amide bonds. The Labute approximate surface area is 202 Å². The fraction of sp³-hybridized carbons (Fsp3) is 0.250. The van der Waals surface area contributed by atoms with E-state index in [1.54, 1.807) is 40.0 Å². The van der Waals surface area contributed by atoms with E-state index in [0.29, 0.717) is 34.2 Å². The van der Waals surface area contributed by atoms with Crippen LogP contribution in [0.25, 0.3) is 11.3 Å². The van der Waals surface area contributed by atoms with Gasteiger partial charge in [0.1, 0.15) is 5.69 Å². The number of rotatable bonds is 7. The molecule has 0 atom stereocenters.